The zero-order valence-corrected chi connectivity index (χ0v) is 14.7. The van der Waals surface area contributed by atoms with E-state index in [2.05, 4.69) is 0 Å². The Labute approximate surface area is 137 Å². The molecule has 118 valence electrons. The van der Waals surface area contributed by atoms with E-state index in [1.165, 1.54) is 6.07 Å². The second-order valence-electron chi connectivity index (χ2n) is 5.63. The normalized spacial score (nSPS) is 15.7. The Morgan fingerprint density at radius 2 is 2.00 bits per heavy atom. The van der Waals surface area contributed by atoms with Crippen LogP contribution in [0.25, 0.3) is 0 Å². The lowest BCUT2D eigenvalue weighted by Gasteiger charge is -2.23. The smallest absolute Gasteiger partial charge is 0.207 e. The van der Waals surface area contributed by atoms with E-state index in [0.29, 0.717) is 34.5 Å². The molecule has 0 radical (unpaired) electrons. The maximum absolute atomic E-state index is 13.0. The van der Waals surface area contributed by atoms with Crippen LogP contribution in [-0.4, -0.2) is 25.8 Å². The van der Waals surface area contributed by atoms with Crippen LogP contribution < -0.4 is 0 Å². The van der Waals surface area contributed by atoms with Gasteiger partial charge in [-0.2, -0.15) is 4.31 Å². The number of benzene rings is 1. The van der Waals surface area contributed by atoms with Gasteiger partial charge in [-0.3, -0.25) is 0 Å². The molecule has 0 atom stereocenters. The second-order valence-corrected chi connectivity index (χ2v) is 8.24. The van der Waals surface area contributed by atoms with E-state index >= 15 is 0 Å². The number of hydrogen-bond donors (Lipinski definition) is 0. The van der Waals surface area contributed by atoms with Gasteiger partial charge in [0.25, 0.3) is 0 Å². The van der Waals surface area contributed by atoms with Gasteiger partial charge in [-0.15, -0.1) is 11.6 Å². The van der Waals surface area contributed by atoms with Gasteiger partial charge in [0.15, 0.2) is 0 Å². The molecule has 21 heavy (non-hydrogen) atoms. The fraction of sp³-hybridized carbons (Fsp3) is 0.600. The van der Waals surface area contributed by atoms with Crippen molar-refractivity contribution in [3.63, 3.8) is 0 Å². The predicted octanol–water partition coefficient (Wildman–Crippen LogP) is 4.20. The first kappa shape index (κ1) is 17.1. The van der Waals surface area contributed by atoms with E-state index in [9.17, 15) is 8.42 Å². The minimum Gasteiger partial charge on any atom is -0.207 e. The molecule has 3 nitrogen and oxygen atoms in total. The molecule has 6 heteroatoms. The Balaban J connectivity index is 2.43. The Bertz CT molecular complexity index is 612. The maximum Gasteiger partial charge on any atom is 0.243 e. The van der Waals surface area contributed by atoms with Gasteiger partial charge in [0, 0.05) is 24.0 Å². The van der Waals surface area contributed by atoms with Crippen molar-refractivity contribution in [2.45, 2.75) is 43.9 Å². The molecule has 1 fully saturated rings. The largest absolute Gasteiger partial charge is 0.243 e. The number of alkyl halides is 1. The summed E-state index contributed by atoms with van der Waals surface area (Å²) in [6.07, 6.45) is 3.04. The average molecular weight is 350 g/mol. The van der Waals surface area contributed by atoms with Crippen molar-refractivity contribution in [2.24, 2.45) is 5.92 Å². The summed E-state index contributed by atoms with van der Waals surface area (Å²) in [4.78, 5) is 0.291. The van der Waals surface area contributed by atoms with Crippen molar-refractivity contribution < 1.29 is 8.42 Å². The molecule has 1 aromatic carbocycles. The lowest BCUT2D eigenvalue weighted by atomic mass is 10.1. The van der Waals surface area contributed by atoms with Gasteiger partial charge in [0.2, 0.25) is 10.0 Å². The highest BCUT2D eigenvalue weighted by Gasteiger charge is 2.32. The Kier molecular flexibility index (Phi) is 5.58. The number of sulfonamides is 1. The van der Waals surface area contributed by atoms with Crippen LogP contribution >= 0.6 is 23.2 Å². The number of nitrogens with zero attached hydrogens (tertiary/aromatic N) is 1. The minimum atomic E-state index is -3.51. The average Bonchev–Trinajstić information content (AvgIpc) is 3.24. The third-order valence-corrected chi connectivity index (χ3v) is 6.32. The van der Waals surface area contributed by atoms with E-state index in [4.69, 9.17) is 23.2 Å². The second kappa shape index (κ2) is 6.86. The molecule has 0 N–H and O–H groups in total. The van der Waals surface area contributed by atoms with Crippen LogP contribution in [0.15, 0.2) is 17.0 Å². The summed E-state index contributed by atoms with van der Waals surface area (Å²) in [5, 5.41) is 0.415. The van der Waals surface area contributed by atoms with Gasteiger partial charge in [-0.05, 0) is 55.4 Å². The lowest BCUT2D eigenvalue weighted by molar-refractivity contribution is 0.395. The van der Waals surface area contributed by atoms with Crippen molar-refractivity contribution in [1.82, 2.24) is 4.31 Å². The molecule has 1 aliphatic rings. The van der Waals surface area contributed by atoms with E-state index < -0.39 is 10.0 Å². The van der Waals surface area contributed by atoms with Crippen LogP contribution in [0.1, 0.15) is 37.3 Å². The van der Waals surface area contributed by atoms with Gasteiger partial charge in [-0.1, -0.05) is 18.5 Å². The third-order valence-electron chi connectivity index (χ3n) is 3.83. The summed E-state index contributed by atoms with van der Waals surface area (Å²) in [6, 6.07) is 3.27. The first-order valence-electron chi connectivity index (χ1n) is 7.25. The quantitative estimate of drug-likeness (QED) is 0.691. The Hall–Kier alpha value is -0.290. The number of halogens is 2. The molecule has 1 aromatic rings. The summed E-state index contributed by atoms with van der Waals surface area (Å²) in [5.74, 6) is 0.768. The summed E-state index contributed by atoms with van der Waals surface area (Å²) >= 11 is 12.0. The van der Waals surface area contributed by atoms with E-state index in [1.54, 1.807) is 17.3 Å². The van der Waals surface area contributed by atoms with Crippen molar-refractivity contribution >= 4 is 33.2 Å². The standard InChI is InChI=1S/C15H21Cl2NO2S/c1-3-6-18(10-12-4-5-12)21(19,20)15-8-14(17)7-13(9-16)11(15)2/h7-8,12H,3-6,9-10H2,1-2H3. The first-order chi connectivity index (χ1) is 9.90. The zero-order chi connectivity index (χ0) is 15.6. The molecule has 0 unspecified atom stereocenters. The van der Waals surface area contributed by atoms with Crippen molar-refractivity contribution in [1.29, 1.82) is 0 Å². The van der Waals surface area contributed by atoms with Gasteiger partial charge in [0.1, 0.15) is 0 Å². The fourth-order valence-electron chi connectivity index (χ4n) is 2.40. The highest BCUT2D eigenvalue weighted by atomic mass is 35.5. The molecule has 0 saturated heterocycles. The molecular weight excluding hydrogens is 329 g/mol. The molecule has 0 amide bonds. The van der Waals surface area contributed by atoms with Crippen molar-refractivity contribution in [2.75, 3.05) is 13.1 Å². The van der Waals surface area contributed by atoms with Gasteiger partial charge >= 0.3 is 0 Å². The maximum atomic E-state index is 13.0. The molecule has 1 aliphatic carbocycles. The van der Waals surface area contributed by atoms with Crippen LogP contribution in [0.5, 0.6) is 0 Å². The summed E-state index contributed by atoms with van der Waals surface area (Å²) in [5.41, 5.74) is 1.47. The van der Waals surface area contributed by atoms with E-state index in [1.807, 2.05) is 6.92 Å². The fourth-order valence-corrected chi connectivity index (χ4v) is 4.89. The third kappa shape index (κ3) is 3.92. The predicted molar refractivity (Wildman–Crippen MR) is 87.5 cm³/mol. The zero-order valence-electron chi connectivity index (χ0n) is 12.4. The van der Waals surface area contributed by atoms with Crippen LogP contribution in [0, 0.1) is 12.8 Å². The van der Waals surface area contributed by atoms with Crippen LogP contribution in [0.2, 0.25) is 5.02 Å². The molecule has 0 aliphatic heterocycles. The van der Waals surface area contributed by atoms with Gasteiger partial charge < -0.3 is 0 Å². The summed E-state index contributed by atoms with van der Waals surface area (Å²) in [7, 11) is -3.51. The van der Waals surface area contributed by atoms with Crippen molar-refractivity contribution in [3.05, 3.63) is 28.3 Å². The number of rotatable bonds is 7. The molecule has 0 spiro atoms. The van der Waals surface area contributed by atoms with Gasteiger partial charge in [-0.25, -0.2) is 8.42 Å². The molecule has 0 heterocycles. The molecule has 2 rings (SSSR count). The molecule has 0 bridgehead atoms. The number of hydrogen-bond acceptors (Lipinski definition) is 2. The monoisotopic (exact) mass is 349 g/mol. The van der Waals surface area contributed by atoms with Crippen LogP contribution in [0.4, 0.5) is 0 Å². The lowest BCUT2D eigenvalue weighted by Crippen LogP contribution is -2.34. The summed E-state index contributed by atoms with van der Waals surface area (Å²) in [6.45, 7) is 4.94. The highest BCUT2D eigenvalue weighted by Crippen LogP contribution is 2.33. The molecule has 0 aromatic heterocycles. The van der Waals surface area contributed by atoms with Crippen LogP contribution in [-0.2, 0) is 15.9 Å². The van der Waals surface area contributed by atoms with Gasteiger partial charge in [0.05, 0.1) is 4.90 Å². The molecule has 1 saturated carbocycles. The topological polar surface area (TPSA) is 37.4 Å². The molecular formula is C15H21Cl2NO2S. The Morgan fingerprint density at radius 3 is 2.52 bits per heavy atom. The summed E-state index contributed by atoms with van der Waals surface area (Å²) < 4.78 is 27.5. The first-order valence-corrected chi connectivity index (χ1v) is 9.60. The van der Waals surface area contributed by atoms with E-state index in [0.717, 1.165) is 24.8 Å². The Morgan fingerprint density at radius 1 is 1.33 bits per heavy atom. The van der Waals surface area contributed by atoms with Crippen molar-refractivity contribution in [3.8, 4) is 0 Å². The highest BCUT2D eigenvalue weighted by molar-refractivity contribution is 7.89. The minimum absolute atomic E-state index is 0.255. The van der Waals surface area contributed by atoms with Crippen LogP contribution in [0.3, 0.4) is 0 Å². The SMILES string of the molecule is CCCN(CC1CC1)S(=O)(=O)c1cc(Cl)cc(CCl)c1C. The van der Waals surface area contributed by atoms with E-state index in [-0.39, 0.29) is 5.88 Å².